The summed E-state index contributed by atoms with van der Waals surface area (Å²) in [6.07, 6.45) is -4.29. The van der Waals surface area contributed by atoms with Crippen LogP contribution in [0.5, 0.6) is 5.75 Å². The van der Waals surface area contributed by atoms with E-state index in [9.17, 15) is 18.0 Å². The number of benzene rings is 1. The molecule has 0 amide bonds. The fourth-order valence-electron chi connectivity index (χ4n) is 1.85. The molecule has 0 saturated heterocycles. The Morgan fingerprint density at radius 3 is 2.50 bits per heavy atom. The molecule has 8 heteroatoms. The highest BCUT2D eigenvalue weighted by atomic mass is 79.9. The molecular formula is C14H17BrF3NO3. The fourth-order valence-corrected chi connectivity index (χ4v) is 2.35. The number of rotatable bonds is 7. The minimum atomic E-state index is -4.76. The van der Waals surface area contributed by atoms with Crippen LogP contribution in [0.2, 0.25) is 0 Å². The van der Waals surface area contributed by atoms with Crippen molar-refractivity contribution < 1.29 is 27.8 Å². The van der Waals surface area contributed by atoms with Gasteiger partial charge in [0.05, 0.1) is 4.47 Å². The van der Waals surface area contributed by atoms with Crippen molar-refractivity contribution in [3.8, 4) is 5.75 Å². The highest BCUT2D eigenvalue weighted by Gasteiger charge is 2.32. The summed E-state index contributed by atoms with van der Waals surface area (Å²) in [6.45, 7) is 4.06. The Morgan fingerprint density at radius 1 is 1.41 bits per heavy atom. The molecule has 4 nitrogen and oxygen atoms in total. The van der Waals surface area contributed by atoms with Crippen molar-refractivity contribution >= 4 is 21.9 Å². The molecule has 22 heavy (non-hydrogen) atoms. The molecular weight excluding hydrogens is 367 g/mol. The number of carboxylic acids is 1. The minimum Gasteiger partial charge on any atom is -0.480 e. The zero-order valence-corrected chi connectivity index (χ0v) is 13.7. The van der Waals surface area contributed by atoms with E-state index in [1.165, 1.54) is 18.2 Å². The summed E-state index contributed by atoms with van der Waals surface area (Å²) in [5.41, 5.74) is 0.649. The number of aliphatic carboxylic acids is 1. The first kappa shape index (κ1) is 18.8. The number of hydrogen-bond acceptors (Lipinski definition) is 3. The van der Waals surface area contributed by atoms with Crippen LogP contribution in [0.15, 0.2) is 22.7 Å². The molecule has 0 aromatic heterocycles. The molecule has 0 fully saturated rings. The highest BCUT2D eigenvalue weighted by molar-refractivity contribution is 9.10. The zero-order chi connectivity index (χ0) is 16.9. The lowest BCUT2D eigenvalue weighted by atomic mass is 10.0. The van der Waals surface area contributed by atoms with E-state index >= 15 is 0 Å². The molecule has 0 aliphatic rings. The Hall–Kier alpha value is -1.28. The molecule has 0 radical (unpaired) electrons. The molecule has 0 aliphatic carbocycles. The van der Waals surface area contributed by atoms with Crippen LogP contribution in [0, 0.1) is 5.92 Å². The zero-order valence-electron chi connectivity index (χ0n) is 12.1. The van der Waals surface area contributed by atoms with Crippen LogP contribution in [0.4, 0.5) is 13.2 Å². The molecule has 0 heterocycles. The van der Waals surface area contributed by atoms with Gasteiger partial charge in [-0.25, -0.2) is 0 Å². The van der Waals surface area contributed by atoms with Gasteiger partial charge in [0.15, 0.2) is 0 Å². The van der Waals surface area contributed by atoms with Crippen LogP contribution in [0.25, 0.3) is 0 Å². The molecule has 1 aromatic rings. The third-order valence-corrected chi connectivity index (χ3v) is 3.40. The van der Waals surface area contributed by atoms with Crippen LogP contribution >= 0.6 is 15.9 Å². The summed E-state index contributed by atoms with van der Waals surface area (Å²) in [4.78, 5) is 11.1. The monoisotopic (exact) mass is 383 g/mol. The summed E-state index contributed by atoms with van der Waals surface area (Å²) < 4.78 is 40.5. The van der Waals surface area contributed by atoms with Gasteiger partial charge in [0.1, 0.15) is 11.8 Å². The Bertz CT molecular complexity index is 521. The van der Waals surface area contributed by atoms with Gasteiger partial charge in [-0.05, 0) is 46.0 Å². The van der Waals surface area contributed by atoms with Gasteiger partial charge in [-0.15, -0.1) is 13.2 Å². The van der Waals surface area contributed by atoms with E-state index < -0.39 is 18.4 Å². The SMILES string of the molecule is CC(C)CC(NCc1ccc(OC(F)(F)F)c(Br)c1)C(=O)O. The first-order chi connectivity index (χ1) is 10.1. The maximum atomic E-state index is 12.2. The highest BCUT2D eigenvalue weighted by Crippen LogP contribution is 2.31. The first-order valence-electron chi connectivity index (χ1n) is 6.59. The summed E-state index contributed by atoms with van der Waals surface area (Å²) in [5.74, 6) is -1.08. The van der Waals surface area contributed by atoms with Crippen LogP contribution in [0.3, 0.4) is 0 Å². The van der Waals surface area contributed by atoms with Crippen LogP contribution < -0.4 is 10.1 Å². The summed E-state index contributed by atoms with van der Waals surface area (Å²) in [5, 5.41) is 12.0. The quantitative estimate of drug-likeness (QED) is 0.748. The van der Waals surface area contributed by atoms with Gasteiger partial charge in [0.25, 0.3) is 0 Å². The Balaban J connectivity index is 2.70. The van der Waals surface area contributed by atoms with Crippen molar-refractivity contribution in [1.29, 1.82) is 0 Å². The van der Waals surface area contributed by atoms with Gasteiger partial charge >= 0.3 is 12.3 Å². The number of hydrogen-bond donors (Lipinski definition) is 2. The third-order valence-electron chi connectivity index (χ3n) is 2.78. The smallest absolute Gasteiger partial charge is 0.480 e. The summed E-state index contributed by atoms with van der Waals surface area (Å²) in [6, 6.07) is 3.40. The predicted molar refractivity (Wildman–Crippen MR) is 78.5 cm³/mol. The Kier molecular flexibility index (Phi) is 6.67. The largest absolute Gasteiger partial charge is 0.573 e. The second kappa shape index (κ2) is 7.82. The molecule has 0 bridgehead atoms. The van der Waals surface area contributed by atoms with Crippen molar-refractivity contribution in [3.05, 3.63) is 28.2 Å². The molecule has 0 aliphatic heterocycles. The molecule has 2 N–H and O–H groups in total. The van der Waals surface area contributed by atoms with Crippen molar-refractivity contribution in [3.63, 3.8) is 0 Å². The average molecular weight is 384 g/mol. The van der Waals surface area contributed by atoms with E-state index in [1.807, 2.05) is 13.8 Å². The molecule has 124 valence electrons. The third kappa shape index (κ3) is 6.65. The van der Waals surface area contributed by atoms with E-state index in [0.717, 1.165) is 0 Å². The number of carboxylic acid groups (broad SMARTS) is 1. The molecule has 0 spiro atoms. The lowest BCUT2D eigenvalue weighted by Gasteiger charge is -2.17. The first-order valence-corrected chi connectivity index (χ1v) is 7.38. The van der Waals surface area contributed by atoms with Crippen molar-refractivity contribution in [2.45, 2.75) is 39.2 Å². The van der Waals surface area contributed by atoms with E-state index in [2.05, 4.69) is 26.0 Å². The van der Waals surface area contributed by atoms with E-state index in [-0.39, 0.29) is 22.7 Å². The van der Waals surface area contributed by atoms with Gasteiger partial charge < -0.3 is 15.2 Å². The summed E-state index contributed by atoms with van der Waals surface area (Å²) in [7, 11) is 0. The van der Waals surface area contributed by atoms with E-state index in [0.29, 0.717) is 12.0 Å². The molecule has 0 saturated carbocycles. The van der Waals surface area contributed by atoms with Crippen molar-refractivity contribution in [1.82, 2.24) is 5.32 Å². The maximum absolute atomic E-state index is 12.2. The Morgan fingerprint density at radius 2 is 2.05 bits per heavy atom. The van der Waals surface area contributed by atoms with Crippen molar-refractivity contribution in [2.24, 2.45) is 5.92 Å². The number of alkyl halides is 3. The number of carbonyl (C=O) groups is 1. The number of ether oxygens (including phenoxy) is 1. The van der Waals surface area contributed by atoms with E-state index in [4.69, 9.17) is 5.11 Å². The van der Waals surface area contributed by atoms with Crippen molar-refractivity contribution in [2.75, 3.05) is 0 Å². The number of nitrogens with one attached hydrogen (secondary N) is 1. The normalized spacial score (nSPS) is 13.2. The van der Waals surface area contributed by atoms with Crippen LogP contribution in [-0.2, 0) is 11.3 Å². The Labute approximate surface area is 134 Å². The average Bonchev–Trinajstić information content (AvgIpc) is 2.35. The van der Waals surface area contributed by atoms with Gasteiger partial charge in [-0.3, -0.25) is 4.79 Å². The van der Waals surface area contributed by atoms with Gasteiger partial charge in [0, 0.05) is 6.54 Å². The fraction of sp³-hybridized carbons (Fsp3) is 0.500. The van der Waals surface area contributed by atoms with Gasteiger partial charge in [0.2, 0.25) is 0 Å². The maximum Gasteiger partial charge on any atom is 0.573 e. The molecule has 1 aromatic carbocycles. The molecule has 1 rings (SSSR count). The van der Waals surface area contributed by atoms with E-state index in [1.54, 1.807) is 0 Å². The molecule has 1 atom stereocenters. The topological polar surface area (TPSA) is 58.6 Å². The van der Waals surface area contributed by atoms with Crippen LogP contribution in [-0.4, -0.2) is 23.5 Å². The minimum absolute atomic E-state index is 0.153. The molecule has 1 unspecified atom stereocenters. The summed E-state index contributed by atoms with van der Waals surface area (Å²) >= 11 is 3.01. The number of halogens is 4. The van der Waals surface area contributed by atoms with Gasteiger partial charge in [-0.1, -0.05) is 19.9 Å². The standard InChI is InChI=1S/C14H17BrF3NO3/c1-8(2)5-11(13(20)21)19-7-9-3-4-12(10(15)6-9)22-14(16,17)18/h3-4,6,8,11,19H,5,7H2,1-2H3,(H,20,21). The lowest BCUT2D eigenvalue weighted by molar-refractivity contribution is -0.274. The lowest BCUT2D eigenvalue weighted by Crippen LogP contribution is -2.37. The van der Waals surface area contributed by atoms with Gasteiger partial charge in [-0.2, -0.15) is 0 Å². The second-order valence-corrected chi connectivity index (χ2v) is 6.07. The van der Waals surface area contributed by atoms with Crippen LogP contribution in [0.1, 0.15) is 25.8 Å². The second-order valence-electron chi connectivity index (χ2n) is 5.21. The predicted octanol–water partition coefficient (Wildman–Crippen LogP) is 3.94.